The largest absolute Gasteiger partial charge is 0.481 e. The lowest BCUT2D eigenvalue weighted by atomic mass is 10.1. The molecule has 1 amide bonds. The number of nitrogens with zero attached hydrogens (tertiary/aromatic N) is 1. The number of aromatic nitrogens is 1. The molecule has 0 saturated heterocycles. The van der Waals surface area contributed by atoms with Crippen molar-refractivity contribution in [3.05, 3.63) is 34.5 Å². The minimum absolute atomic E-state index is 0.197. The summed E-state index contributed by atoms with van der Waals surface area (Å²) in [4.78, 5) is 27.3. The summed E-state index contributed by atoms with van der Waals surface area (Å²) in [7, 11) is 0. The molecular formula is C15H15FN2O3S. The van der Waals surface area contributed by atoms with E-state index in [0.29, 0.717) is 33.3 Å². The summed E-state index contributed by atoms with van der Waals surface area (Å²) in [5, 5.41) is 12.0. The van der Waals surface area contributed by atoms with Gasteiger partial charge in [0.2, 0.25) is 5.91 Å². The Bertz CT molecular complexity index is 728. The summed E-state index contributed by atoms with van der Waals surface area (Å²) in [6, 6.07) is 4.48. The fraction of sp³-hybridized carbons (Fsp3) is 0.267. The Kier molecular flexibility index (Phi) is 4.87. The second kappa shape index (κ2) is 6.65. The van der Waals surface area contributed by atoms with E-state index in [1.165, 1.54) is 6.07 Å². The molecule has 1 heterocycles. The van der Waals surface area contributed by atoms with Crippen LogP contribution in [0.5, 0.6) is 0 Å². The van der Waals surface area contributed by atoms with Crippen LogP contribution < -0.4 is 5.32 Å². The molecule has 0 aliphatic rings. The molecule has 22 heavy (non-hydrogen) atoms. The van der Waals surface area contributed by atoms with Crippen LogP contribution >= 0.6 is 11.3 Å². The highest BCUT2D eigenvalue weighted by atomic mass is 32.1. The number of hydrogen-bond acceptors (Lipinski definition) is 4. The molecule has 0 bridgehead atoms. The van der Waals surface area contributed by atoms with E-state index < -0.39 is 5.97 Å². The first-order chi connectivity index (χ1) is 10.4. The molecule has 0 unspecified atom stereocenters. The lowest BCUT2D eigenvalue weighted by molar-refractivity contribution is -0.136. The minimum atomic E-state index is -0.989. The third-order valence-electron chi connectivity index (χ3n) is 3.01. The monoisotopic (exact) mass is 322 g/mol. The number of anilines is 1. The summed E-state index contributed by atoms with van der Waals surface area (Å²) < 4.78 is 13.4. The van der Waals surface area contributed by atoms with Gasteiger partial charge in [-0.3, -0.25) is 9.59 Å². The van der Waals surface area contributed by atoms with Crippen LogP contribution in [-0.4, -0.2) is 22.0 Å². The van der Waals surface area contributed by atoms with Crippen molar-refractivity contribution in [2.24, 2.45) is 0 Å². The summed E-state index contributed by atoms with van der Waals surface area (Å²) in [5.74, 6) is -1.52. The number of nitrogens with one attached hydrogen (secondary N) is 1. The van der Waals surface area contributed by atoms with Gasteiger partial charge in [-0.25, -0.2) is 9.37 Å². The zero-order valence-electron chi connectivity index (χ0n) is 12.1. The van der Waals surface area contributed by atoms with E-state index >= 15 is 0 Å². The Balaban J connectivity index is 2.44. The van der Waals surface area contributed by atoms with Crippen LogP contribution in [0.3, 0.4) is 0 Å². The van der Waals surface area contributed by atoms with Crippen molar-refractivity contribution in [3.8, 4) is 11.3 Å². The molecule has 1 aromatic carbocycles. The fourth-order valence-electron chi connectivity index (χ4n) is 1.89. The highest BCUT2D eigenvalue weighted by Gasteiger charge is 2.17. The van der Waals surface area contributed by atoms with Crippen LogP contribution in [0.1, 0.15) is 23.8 Å². The molecule has 0 aliphatic carbocycles. The van der Waals surface area contributed by atoms with Gasteiger partial charge in [0.25, 0.3) is 0 Å². The number of carboxylic acid groups (broad SMARTS) is 1. The quantitative estimate of drug-likeness (QED) is 0.886. The lowest BCUT2D eigenvalue weighted by Gasteiger charge is -2.03. The van der Waals surface area contributed by atoms with Gasteiger partial charge in [-0.1, -0.05) is 6.92 Å². The van der Waals surface area contributed by atoms with E-state index in [0.717, 1.165) is 11.3 Å². The molecule has 0 fully saturated rings. The average molecular weight is 322 g/mol. The molecule has 7 heteroatoms. The van der Waals surface area contributed by atoms with E-state index in [4.69, 9.17) is 5.11 Å². The second-order valence-electron chi connectivity index (χ2n) is 4.73. The van der Waals surface area contributed by atoms with Gasteiger partial charge in [0.15, 0.2) is 5.13 Å². The van der Waals surface area contributed by atoms with Crippen molar-refractivity contribution < 1.29 is 19.1 Å². The molecule has 0 atom stereocenters. The van der Waals surface area contributed by atoms with E-state index in [1.54, 1.807) is 26.0 Å². The van der Waals surface area contributed by atoms with Gasteiger partial charge in [-0.2, -0.15) is 0 Å². The van der Waals surface area contributed by atoms with E-state index in [1.807, 2.05) is 0 Å². The summed E-state index contributed by atoms with van der Waals surface area (Å²) in [6.45, 7) is 3.34. The van der Waals surface area contributed by atoms with Gasteiger partial charge in [0, 0.05) is 16.9 Å². The third kappa shape index (κ3) is 3.67. The van der Waals surface area contributed by atoms with Gasteiger partial charge in [-0.05, 0) is 30.7 Å². The maximum atomic E-state index is 13.4. The van der Waals surface area contributed by atoms with E-state index in [9.17, 15) is 14.0 Å². The second-order valence-corrected chi connectivity index (χ2v) is 5.81. The lowest BCUT2D eigenvalue weighted by Crippen LogP contribution is -2.08. The maximum Gasteiger partial charge on any atom is 0.308 e. The molecule has 2 rings (SSSR count). The fourth-order valence-corrected chi connectivity index (χ4v) is 2.88. The number of amides is 1. The number of aliphatic carboxylic acids is 1. The Morgan fingerprint density at radius 2 is 2.14 bits per heavy atom. The van der Waals surface area contributed by atoms with Gasteiger partial charge in [0.05, 0.1) is 12.1 Å². The highest BCUT2D eigenvalue weighted by Crippen LogP contribution is 2.32. The van der Waals surface area contributed by atoms with Crippen molar-refractivity contribution >= 4 is 28.3 Å². The van der Waals surface area contributed by atoms with Crippen molar-refractivity contribution in [2.75, 3.05) is 5.32 Å². The molecule has 5 nitrogen and oxygen atoms in total. The Morgan fingerprint density at radius 3 is 2.73 bits per heavy atom. The Hall–Kier alpha value is -2.28. The molecule has 0 radical (unpaired) electrons. The zero-order chi connectivity index (χ0) is 16.3. The van der Waals surface area contributed by atoms with Crippen LogP contribution in [0, 0.1) is 12.7 Å². The topological polar surface area (TPSA) is 79.3 Å². The smallest absolute Gasteiger partial charge is 0.308 e. The zero-order valence-corrected chi connectivity index (χ0v) is 13.0. The SMILES string of the molecule is CCC(=O)Nc1nc(-c2ccc(F)c(C)c2)c(CC(=O)O)s1. The van der Waals surface area contributed by atoms with Crippen molar-refractivity contribution in [1.82, 2.24) is 4.98 Å². The van der Waals surface area contributed by atoms with Crippen molar-refractivity contribution in [3.63, 3.8) is 0 Å². The van der Waals surface area contributed by atoms with Crippen LogP contribution in [-0.2, 0) is 16.0 Å². The van der Waals surface area contributed by atoms with Gasteiger partial charge in [0.1, 0.15) is 5.82 Å². The Labute approximate surface area is 130 Å². The van der Waals surface area contributed by atoms with Crippen molar-refractivity contribution in [2.45, 2.75) is 26.7 Å². The third-order valence-corrected chi connectivity index (χ3v) is 3.98. The molecule has 0 saturated carbocycles. The number of halogens is 1. The first kappa shape index (κ1) is 16.1. The molecule has 1 aromatic heterocycles. The number of carboxylic acids is 1. The molecule has 0 aliphatic heterocycles. The Morgan fingerprint density at radius 1 is 1.41 bits per heavy atom. The highest BCUT2D eigenvalue weighted by molar-refractivity contribution is 7.16. The molecule has 2 N–H and O–H groups in total. The number of benzene rings is 1. The first-order valence-corrected chi connectivity index (χ1v) is 7.50. The number of rotatable bonds is 5. The normalized spacial score (nSPS) is 10.5. The number of carbonyl (C=O) groups excluding carboxylic acids is 1. The maximum absolute atomic E-state index is 13.4. The summed E-state index contributed by atoms with van der Waals surface area (Å²) in [5.41, 5.74) is 1.54. The number of carbonyl (C=O) groups is 2. The van der Waals surface area contributed by atoms with Crippen LogP contribution in [0.2, 0.25) is 0 Å². The standard InChI is InChI=1S/C15H15FN2O3S/c1-3-12(19)17-15-18-14(11(22-15)7-13(20)21)9-4-5-10(16)8(2)6-9/h4-6H,3,7H2,1-2H3,(H,20,21)(H,17,18,19). The van der Waals surface area contributed by atoms with Gasteiger partial charge >= 0.3 is 5.97 Å². The summed E-state index contributed by atoms with van der Waals surface area (Å²) >= 11 is 1.12. The molecule has 2 aromatic rings. The molecule has 0 spiro atoms. The number of thiazole rings is 1. The molecular weight excluding hydrogens is 307 g/mol. The molecule has 116 valence electrons. The predicted molar refractivity (Wildman–Crippen MR) is 82.5 cm³/mol. The predicted octanol–water partition coefficient (Wildman–Crippen LogP) is 3.23. The van der Waals surface area contributed by atoms with Crippen molar-refractivity contribution in [1.29, 1.82) is 0 Å². The number of hydrogen-bond donors (Lipinski definition) is 2. The summed E-state index contributed by atoms with van der Waals surface area (Å²) in [6.07, 6.45) is 0.101. The van der Waals surface area contributed by atoms with Crippen LogP contribution in [0.15, 0.2) is 18.2 Å². The van der Waals surface area contributed by atoms with Crippen LogP contribution in [0.4, 0.5) is 9.52 Å². The minimum Gasteiger partial charge on any atom is -0.481 e. The van der Waals surface area contributed by atoms with Gasteiger partial charge in [-0.15, -0.1) is 11.3 Å². The average Bonchev–Trinajstić information content (AvgIpc) is 2.83. The van der Waals surface area contributed by atoms with Gasteiger partial charge < -0.3 is 10.4 Å². The van der Waals surface area contributed by atoms with E-state index in [-0.39, 0.29) is 18.1 Å². The number of aryl methyl sites for hydroxylation is 1. The van der Waals surface area contributed by atoms with Crippen LogP contribution in [0.25, 0.3) is 11.3 Å². The van der Waals surface area contributed by atoms with E-state index in [2.05, 4.69) is 10.3 Å². The first-order valence-electron chi connectivity index (χ1n) is 6.68.